The average Bonchev–Trinajstić information content (AvgIpc) is 3.04. The third kappa shape index (κ3) is 5.38. The first-order valence-corrected chi connectivity index (χ1v) is 11.1. The van der Waals surface area contributed by atoms with E-state index in [2.05, 4.69) is 39.5 Å². The van der Waals surface area contributed by atoms with Crippen molar-refractivity contribution in [2.75, 3.05) is 4.90 Å². The van der Waals surface area contributed by atoms with Crippen LogP contribution in [0.5, 0.6) is 0 Å². The van der Waals surface area contributed by atoms with Crippen molar-refractivity contribution in [3.05, 3.63) is 16.5 Å². The molecule has 0 radical (unpaired) electrons. The van der Waals surface area contributed by atoms with Crippen molar-refractivity contribution in [1.29, 1.82) is 0 Å². The topological polar surface area (TPSA) is 57.6 Å². The van der Waals surface area contributed by atoms with Gasteiger partial charge in [-0.1, -0.05) is 25.7 Å². The van der Waals surface area contributed by atoms with Crippen molar-refractivity contribution in [1.82, 2.24) is 0 Å². The zero-order valence-corrected chi connectivity index (χ0v) is 18.8. The Labute approximate surface area is 173 Å². The summed E-state index contributed by atoms with van der Waals surface area (Å²) in [5, 5.41) is 10.2. The summed E-state index contributed by atoms with van der Waals surface area (Å²) in [6.45, 7) is 12.3. The minimum Gasteiger partial charge on any atom is -0.478 e. The van der Waals surface area contributed by atoms with Crippen LogP contribution in [0.25, 0.3) is 0 Å². The largest absolute Gasteiger partial charge is 0.478 e. The second kappa shape index (κ2) is 9.13. The summed E-state index contributed by atoms with van der Waals surface area (Å²) in [5.74, 6) is 6.06. The van der Waals surface area contributed by atoms with Crippen LogP contribution >= 0.6 is 11.3 Å². The van der Waals surface area contributed by atoms with E-state index in [1.165, 1.54) is 11.3 Å². The number of carbonyl (C=O) groups is 2. The van der Waals surface area contributed by atoms with Gasteiger partial charge in [0.25, 0.3) is 0 Å². The van der Waals surface area contributed by atoms with E-state index >= 15 is 0 Å². The van der Waals surface area contributed by atoms with Gasteiger partial charge in [0, 0.05) is 17.4 Å². The first-order chi connectivity index (χ1) is 13.1. The lowest BCUT2D eigenvalue weighted by atomic mass is 9.82. The number of nitrogens with zero attached hydrogens (tertiary/aromatic N) is 1. The minimum atomic E-state index is -1.01. The lowest BCUT2D eigenvalue weighted by molar-refractivity contribution is -0.123. The number of rotatable bonds is 5. The van der Waals surface area contributed by atoms with E-state index < -0.39 is 5.97 Å². The molecular weight excluding hydrogens is 370 g/mol. The Bertz CT molecular complexity index is 774. The van der Waals surface area contributed by atoms with Gasteiger partial charge in [-0.15, -0.1) is 11.3 Å². The highest BCUT2D eigenvalue weighted by Crippen LogP contribution is 2.37. The lowest BCUT2D eigenvalue weighted by Gasteiger charge is -2.33. The molecule has 0 bridgehead atoms. The molecule has 5 heteroatoms. The minimum absolute atomic E-state index is 0.0177. The number of carbonyl (C=O) groups excluding carboxylic acids is 1. The van der Waals surface area contributed by atoms with E-state index in [0.29, 0.717) is 15.8 Å². The molecule has 28 heavy (non-hydrogen) atoms. The van der Waals surface area contributed by atoms with Crippen LogP contribution in [-0.2, 0) is 4.79 Å². The smallest absolute Gasteiger partial charge is 0.338 e. The maximum absolute atomic E-state index is 13.3. The van der Waals surface area contributed by atoms with Gasteiger partial charge < -0.3 is 10.0 Å². The fraction of sp³-hybridized carbons (Fsp3) is 0.652. The number of carboxylic acids is 1. The van der Waals surface area contributed by atoms with Crippen LogP contribution < -0.4 is 4.90 Å². The maximum atomic E-state index is 13.3. The Hall–Kier alpha value is -1.80. The predicted molar refractivity (Wildman–Crippen MR) is 116 cm³/mol. The van der Waals surface area contributed by atoms with Crippen LogP contribution in [0.1, 0.15) is 88.9 Å². The summed E-state index contributed by atoms with van der Waals surface area (Å²) in [6.07, 6.45) is 4.80. The van der Waals surface area contributed by atoms with E-state index in [4.69, 9.17) is 0 Å². The molecule has 0 saturated heterocycles. The summed E-state index contributed by atoms with van der Waals surface area (Å²) < 4.78 is 0. The average molecular weight is 404 g/mol. The van der Waals surface area contributed by atoms with Crippen LogP contribution in [-0.4, -0.2) is 23.0 Å². The van der Waals surface area contributed by atoms with E-state index in [-0.39, 0.29) is 28.8 Å². The van der Waals surface area contributed by atoms with Crippen LogP contribution in [0.15, 0.2) is 6.07 Å². The second-order valence-electron chi connectivity index (χ2n) is 8.88. The fourth-order valence-corrected chi connectivity index (χ4v) is 4.53. The Balaban J connectivity index is 2.40. The molecule has 0 unspecified atom stereocenters. The molecule has 0 atom stereocenters. The highest BCUT2D eigenvalue weighted by Gasteiger charge is 2.33. The van der Waals surface area contributed by atoms with Crippen molar-refractivity contribution in [2.24, 2.45) is 17.3 Å². The van der Waals surface area contributed by atoms with Gasteiger partial charge >= 0.3 is 5.97 Å². The van der Waals surface area contributed by atoms with Crippen molar-refractivity contribution < 1.29 is 14.7 Å². The predicted octanol–water partition coefficient (Wildman–Crippen LogP) is 5.80. The highest BCUT2D eigenvalue weighted by atomic mass is 32.1. The Morgan fingerprint density at radius 1 is 1.29 bits per heavy atom. The first-order valence-electron chi connectivity index (χ1n) is 10.3. The monoisotopic (exact) mass is 403 g/mol. The summed E-state index contributed by atoms with van der Waals surface area (Å²) in [7, 11) is 0. The molecule has 0 aromatic carbocycles. The molecule has 0 spiro atoms. The third-order valence-corrected chi connectivity index (χ3v) is 6.74. The van der Waals surface area contributed by atoms with E-state index in [0.717, 1.165) is 32.1 Å². The van der Waals surface area contributed by atoms with Crippen molar-refractivity contribution >= 4 is 28.2 Å². The fourth-order valence-electron chi connectivity index (χ4n) is 3.39. The quantitative estimate of drug-likeness (QED) is 0.632. The first kappa shape index (κ1) is 22.5. The van der Waals surface area contributed by atoms with Gasteiger partial charge in [-0.3, -0.25) is 4.79 Å². The van der Waals surface area contributed by atoms with Crippen LogP contribution in [0, 0.1) is 29.1 Å². The zero-order valence-electron chi connectivity index (χ0n) is 18.0. The zero-order chi connectivity index (χ0) is 21.1. The number of aromatic carboxylic acids is 1. The van der Waals surface area contributed by atoms with Crippen LogP contribution in [0.3, 0.4) is 0 Å². The van der Waals surface area contributed by atoms with Gasteiger partial charge in [-0.25, -0.2) is 4.79 Å². The number of hydrogen-bond donors (Lipinski definition) is 1. The molecule has 1 N–H and O–H groups in total. The number of carboxylic acid groups (broad SMARTS) is 1. The molecule has 0 aliphatic heterocycles. The van der Waals surface area contributed by atoms with Gasteiger partial charge in [-0.2, -0.15) is 0 Å². The van der Waals surface area contributed by atoms with E-state index in [9.17, 15) is 14.7 Å². The lowest BCUT2D eigenvalue weighted by Crippen LogP contribution is -2.42. The molecule has 1 heterocycles. The molecule has 1 amide bonds. The summed E-state index contributed by atoms with van der Waals surface area (Å²) in [5.41, 5.74) is 0.0507. The van der Waals surface area contributed by atoms with Crippen molar-refractivity contribution in [3.8, 4) is 11.8 Å². The van der Waals surface area contributed by atoms with Crippen molar-refractivity contribution in [2.45, 2.75) is 79.7 Å². The standard InChI is InChI=1S/C23H33NO3S/c1-7-23(5,6)13-12-18-14-19(22(26)27)21(28-18)24(15(2)3)20(25)17-10-8-16(4)9-11-17/h14-17H,7-11H2,1-6H3,(H,26,27). The molecule has 1 aromatic rings. The van der Waals surface area contributed by atoms with E-state index in [1.54, 1.807) is 11.0 Å². The Morgan fingerprint density at radius 3 is 2.39 bits per heavy atom. The van der Waals surface area contributed by atoms with Gasteiger partial charge in [0.2, 0.25) is 5.91 Å². The van der Waals surface area contributed by atoms with Gasteiger partial charge in [-0.05, 0) is 71.8 Å². The summed E-state index contributed by atoms with van der Waals surface area (Å²) >= 11 is 1.32. The van der Waals surface area contributed by atoms with Gasteiger partial charge in [0.05, 0.1) is 10.4 Å². The molecule has 2 rings (SSSR count). The van der Waals surface area contributed by atoms with E-state index in [1.807, 2.05) is 13.8 Å². The summed E-state index contributed by atoms with van der Waals surface area (Å²) in [6, 6.07) is 1.52. The highest BCUT2D eigenvalue weighted by molar-refractivity contribution is 7.17. The Kier molecular flexibility index (Phi) is 7.33. The number of anilines is 1. The molecule has 1 saturated carbocycles. The summed E-state index contributed by atoms with van der Waals surface area (Å²) in [4.78, 5) is 27.6. The van der Waals surface area contributed by atoms with Crippen molar-refractivity contribution in [3.63, 3.8) is 0 Å². The van der Waals surface area contributed by atoms with Crippen LogP contribution in [0.4, 0.5) is 5.00 Å². The van der Waals surface area contributed by atoms with Crippen LogP contribution in [0.2, 0.25) is 0 Å². The molecule has 4 nitrogen and oxygen atoms in total. The SMILES string of the molecule is CCC(C)(C)C#Cc1cc(C(=O)O)c(N(C(=O)C2CCC(C)CC2)C(C)C)s1. The molecule has 1 aliphatic carbocycles. The molecule has 154 valence electrons. The second-order valence-corrected chi connectivity index (χ2v) is 9.91. The third-order valence-electron chi connectivity index (χ3n) is 5.69. The number of hydrogen-bond acceptors (Lipinski definition) is 3. The molecule has 1 fully saturated rings. The molecule has 1 aliphatic rings. The number of thiophene rings is 1. The van der Waals surface area contributed by atoms with Gasteiger partial charge in [0.1, 0.15) is 5.00 Å². The number of amides is 1. The maximum Gasteiger partial charge on any atom is 0.338 e. The normalized spacial score (nSPS) is 19.8. The van der Waals surface area contributed by atoms with Gasteiger partial charge in [0.15, 0.2) is 0 Å². The Morgan fingerprint density at radius 2 is 1.89 bits per heavy atom. The molecular formula is C23H33NO3S. The molecule has 1 aromatic heterocycles.